The van der Waals surface area contributed by atoms with E-state index in [1.807, 2.05) is 0 Å². The summed E-state index contributed by atoms with van der Waals surface area (Å²) in [6.45, 7) is 0.919. The van der Waals surface area contributed by atoms with Crippen molar-refractivity contribution >= 4 is 11.9 Å². The summed E-state index contributed by atoms with van der Waals surface area (Å²) < 4.78 is 4.35. The third-order valence-electron chi connectivity index (χ3n) is 0.972. The number of carboxylic acids is 1. The Labute approximate surface area is 63.6 Å². The molecule has 0 aliphatic heterocycles. The normalized spacial score (nSPS) is 12.2. The second kappa shape index (κ2) is 4.68. The second-order valence-electron chi connectivity index (χ2n) is 1.94. The standard InChI is InChI=1S/C6H10O5/c1-4(6(9)10)11-5(8)2-3-7/h4,7H,2-3H2,1H3,(H,9,10). The lowest BCUT2D eigenvalue weighted by molar-refractivity contribution is -0.163. The van der Waals surface area contributed by atoms with Crippen molar-refractivity contribution in [3.63, 3.8) is 0 Å². The molecule has 0 amide bonds. The number of esters is 1. The summed E-state index contributed by atoms with van der Waals surface area (Å²) in [5, 5.41) is 16.5. The number of aliphatic hydroxyl groups excluding tert-OH is 1. The molecule has 0 spiro atoms. The highest BCUT2D eigenvalue weighted by atomic mass is 16.6. The summed E-state index contributed by atoms with van der Waals surface area (Å²) in [5.41, 5.74) is 0. The van der Waals surface area contributed by atoms with Crippen LogP contribution in [0.3, 0.4) is 0 Å². The number of carbonyl (C=O) groups excluding carboxylic acids is 1. The minimum absolute atomic E-state index is 0.169. The highest BCUT2D eigenvalue weighted by molar-refractivity contribution is 5.77. The van der Waals surface area contributed by atoms with Crippen molar-refractivity contribution < 1.29 is 24.5 Å². The molecule has 0 rings (SSSR count). The minimum atomic E-state index is -1.20. The van der Waals surface area contributed by atoms with Crippen molar-refractivity contribution in [1.29, 1.82) is 0 Å². The summed E-state index contributed by atoms with van der Waals surface area (Å²) in [6.07, 6.45) is -1.31. The zero-order chi connectivity index (χ0) is 8.85. The molecule has 0 aromatic rings. The second-order valence-corrected chi connectivity index (χ2v) is 1.94. The van der Waals surface area contributed by atoms with Gasteiger partial charge in [-0.1, -0.05) is 0 Å². The average molecular weight is 162 g/mol. The van der Waals surface area contributed by atoms with Gasteiger partial charge in [-0.2, -0.15) is 0 Å². The Morgan fingerprint density at radius 2 is 2.09 bits per heavy atom. The SMILES string of the molecule is CC(OC(=O)CCO)C(=O)O. The molecule has 0 aromatic carbocycles. The Bertz CT molecular complexity index is 153. The summed E-state index contributed by atoms with van der Waals surface area (Å²) in [4.78, 5) is 20.6. The Hall–Kier alpha value is -1.10. The Balaban J connectivity index is 3.66. The fraction of sp³-hybridized carbons (Fsp3) is 0.667. The largest absolute Gasteiger partial charge is 0.479 e. The van der Waals surface area contributed by atoms with Crippen LogP contribution in [-0.2, 0) is 14.3 Å². The van der Waals surface area contributed by atoms with Gasteiger partial charge in [-0.05, 0) is 6.92 Å². The first-order chi connectivity index (χ1) is 5.07. The maximum Gasteiger partial charge on any atom is 0.344 e. The predicted octanol–water partition coefficient (Wildman–Crippen LogP) is -0.615. The van der Waals surface area contributed by atoms with E-state index in [0.29, 0.717) is 0 Å². The Kier molecular flexibility index (Phi) is 4.21. The van der Waals surface area contributed by atoms with Crippen LogP contribution in [0, 0.1) is 0 Å². The van der Waals surface area contributed by atoms with Crippen LogP contribution in [0.15, 0.2) is 0 Å². The van der Waals surface area contributed by atoms with Crippen molar-refractivity contribution in [2.24, 2.45) is 0 Å². The highest BCUT2D eigenvalue weighted by Crippen LogP contribution is 1.93. The van der Waals surface area contributed by atoms with Crippen LogP contribution >= 0.6 is 0 Å². The highest BCUT2D eigenvalue weighted by Gasteiger charge is 2.15. The lowest BCUT2D eigenvalue weighted by Gasteiger charge is -2.06. The molecule has 64 valence electrons. The molecular formula is C6H10O5. The first kappa shape index (κ1) is 9.90. The van der Waals surface area contributed by atoms with Gasteiger partial charge in [0, 0.05) is 0 Å². The van der Waals surface area contributed by atoms with Gasteiger partial charge in [-0.15, -0.1) is 0 Å². The van der Waals surface area contributed by atoms with Crippen LogP contribution < -0.4 is 0 Å². The van der Waals surface area contributed by atoms with E-state index >= 15 is 0 Å². The van der Waals surface area contributed by atoms with Gasteiger partial charge in [-0.25, -0.2) is 4.79 Å². The van der Waals surface area contributed by atoms with E-state index in [0.717, 1.165) is 0 Å². The van der Waals surface area contributed by atoms with Gasteiger partial charge in [0.15, 0.2) is 6.10 Å². The number of hydrogen-bond acceptors (Lipinski definition) is 4. The van der Waals surface area contributed by atoms with Crippen molar-refractivity contribution in [3.05, 3.63) is 0 Å². The van der Waals surface area contributed by atoms with Crippen molar-refractivity contribution in [2.45, 2.75) is 19.4 Å². The fourth-order valence-electron chi connectivity index (χ4n) is 0.398. The topological polar surface area (TPSA) is 83.8 Å². The van der Waals surface area contributed by atoms with E-state index < -0.39 is 18.0 Å². The van der Waals surface area contributed by atoms with Gasteiger partial charge in [0.2, 0.25) is 0 Å². The van der Waals surface area contributed by atoms with Crippen LogP contribution in [0.25, 0.3) is 0 Å². The summed E-state index contributed by atoms with van der Waals surface area (Å²) >= 11 is 0. The molecule has 0 saturated carbocycles. The molecule has 11 heavy (non-hydrogen) atoms. The van der Waals surface area contributed by atoms with E-state index in [4.69, 9.17) is 10.2 Å². The van der Waals surface area contributed by atoms with Gasteiger partial charge in [0.05, 0.1) is 13.0 Å². The molecule has 0 aromatic heterocycles. The maximum atomic E-state index is 10.5. The van der Waals surface area contributed by atoms with E-state index in [1.165, 1.54) is 6.92 Å². The van der Waals surface area contributed by atoms with Crippen LogP contribution in [0.5, 0.6) is 0 Å². The summed E-state index contributed by atoms with van der Waals surface area (Å²) in [6, 6.07) is 0. The third-order valence-corrected chi connectivity index (χ3v) is 0.972. The Morgan fingerprint density at radius 3 is 2.45 bits per heavy atom. The smallest absolute Gasteiger partial charge is 0.344 e. The lowest BCUT2D eigenvalue weighted by atomic mass is 10.4. The van der Waals surface area contributed by atoms with Gasteiger partial charge in [-0.3, -0.25) is 4.79 Å². The fourth-order valence-corrected chi connectivity index (χ4v) is 0.398. The third kappa shape index (κ3) is 4.32. The molecule has 5 heteroatoms. The van der Waals surface area contributed by atoms with Crippen LogP contribution in [0.4, 0.5) is 0 Å². The number of aliphatic carboxylic acids is 1. The minimum Gasteiger partial charge on any atom is -0.479 e. The number of rotatable bonds is 4. The first-order valence-corrected chi connectivity index (χ1v) is 3.11. The zero-order valence-electron chi connectivity index (χ0n) is 6.11. The quantitative estimate of drug-likeness (QED) is 0.538. The zero-order valence-corrected chi connectivity index (χ0v) is 6.11. The number of carbonyl (C=O) groups is 2. The van der Waals surface area contributed by atoms with Crippen molar-refractivity contribution in [1.82, 2.24) is 0 Å². The molecule has 0 heterocycles. The first-order valence-electron chi connectivity index (χ1n) is 3.11. The Morgan fingerprint density at radius 1 is 1.55 bits per heavy atom. The molecular weight excluding hydrogens is 152 g/mol. The molecule has 0 radical (unpaired) electrons. The molecule has 1 unspecified atom stereocenters. The molecule has 1 atom stereocenters. The monoisotopic (exact) mass is 162 g/mol. The van der Waals surface area contributed by atoms with E-state index in [-0.39, 0.29) is 13.0 Å². The number of ether oxygens (including phenoxy) is 1. The molecule has 0 aliphatic rings. The van der Waals surface area contributed by atoms with E-state index in [1.54, 1.807) is 0 Å². The molecule has 2 N–H and O–H groups in total. The molecule has 5 nitrogen and oxygen atoms in total. The predicted molar refractivity (Wildman–Crippen MR) is 34.9 cm³/mol. The van der Waals surface area contributed by atoms with Crippen LogP contribution in [0.1, 0.15) is 13.3 Å². The number of hydrogen-bond donors (Lipinski definition) is 2. The summed E-state index contributed by atoms with van der Waals surface area (Å²) in [7, 11) is 0. The average Bonchev–Trinajstić information content (AvgIpc) is 1.87. The van der Waals surface area contributed by atoms with Crippen LogP contribution in [0.2, 0.25) is 0 Å². The van der Waals surface area contributed by atoms with Gasteiger partial charge in [0.25, 0.3) is 0 Å². The molecule has 0 fully saturated rings. The van der Waals surface area contributed by atoms with Gasteiger partial charge in [0.1, 0.15) is 0 Å². The molecule has 0 bridgehead atoms. The summed E-state index contributed by atoms with van der Waals surface area (Å²) in [5.74, 6) is -1.90. The van der Waals surface area contributed by atoms with Gasteiger partial charge < -0.3 is 14.9 Å². The van der Waals surface area contributed by atoms with Crippen molar-refractivity contribution in [2.75, 3.05) is 6.61 Å². The van der Waals surface area contributed by atoms with Crippen LogP contribution in [-0.4, -0.2) is 34.9 Å². The number of carboxylic acid groups (broad SMARTS) is 1. The van der Waals surface area contributed by atoms with Gasteiger partial charge >= 0.3 is 11.9 Å². The van der Waals surface area contributed by atoms with E-state index in [2.05, 4.69) is 4.74 Å². The number of aliphatic hydroxyl groups is 1. The van der Waals surface area contributed by atoms with E-state index in [9.17, 15) is 9.59 Å². The molecule has 0 saturated heterocycles. The lowest BCUT2D eigenvalue weighted by Crippen LogP contribution is -2.23. The maximum absolute atomic E-state index is 10.5. The molecule has 0 aliphatic carbocycles. The van der Waals surface area contributed by atoms with Crippen molar-refractivity contribution in [3.8, 4) is 0 Å².